The van der Waals surface area contributed by atoms with Gasteiger partial charge < -0.3 is 21.1 Å². The van der Waals surface area contributed by atoms with Crippen molar-refractivity contribution >= 4 is 6.09 Å². The van der Waals surface area contributed by atoms with Crippen LogP contribution in [0.4, 0.5) is 4.79 Å². The predicted molar refractivity (Wildman–Crippen MR) is 74.6 cm³/mol. The number of unbranched alkanes of at least 4 members (excludes halogenated alkanes) is 2. The lowest BCUT2D eigenvalue weighted by Crippen LogP contribution is -2.33. The summed E-state index contributed by atoms with van der Waals surface area (Å²) in [6.45, 7) is 9.02. The Hall–Kier alpha value is -0.810. The van der Waals surface area contributed by atoms with Crippen LogP contribution >= 0.6 is 0 Å². The van der Waals surface area contributed by atoms with Gasteiger partial charge in [0.2, 0.25) is 0 Å². The van der Waals surface area contributed by atoms with Crippen molar-refractivity contribution in [3.63, 3.8) is 0 Å². The van der Waals surface area contributed by atoms with E-state index in [2.05, 4.69) is 10.6 Å². The van der Waals surface area contributed by atoms with Gasteiger partial charge in [0, 0.05) is 6.54 Å². The smallest absolute Gasteiger partial charge is 0.407 e. The minimum atomic E-state index is -0.422. The summed E-state index contributed by atoms with van der Waals surface area (Å²) >= 11 is 0. The normalized spacial score (nSPS) is 11.3. The van der Waals surface area contributed by atoms with Crippen molar-refractivity contribution in [2.45, 2.75) is 52.1 Å². The van der Waals surface area contributed by atoms with E-state index in [9.17, 15) is 4.79 Å². The number of amides is 1. The van der Waals surface area contributed by atoms with E-state index in [1.165, 1.54) is 0 Å². The Labute approximate surface area is 111 Å². The third-order valence-corrected chi connectivity index (χ3v) is 2.26. The Morgan fingerprint density at radius 1 is 1.06 bits per heavy atom. The van der Waals surface area contributed by atoms with Crippen molar-refractivity contribution in [2.24, 2.45) is 5.73 Å². The van der Waals surface area contributed by atoms with Gasteiger partial charge in [-0.3, -0.25) is 0 Å². The summed E-state index contributed by atoms with van der Waals surface area (Å²) in [5.41, 5.74) is 4.98. The highest BCUT2D eigenvalue weighted by molar-refractivity contribution is 5.67. The second-order valence-electron chi connectivity index (χ2n) is 5.38. The predicted octanol–water partition coefficient (Wildman–Crippen LogP) is 1.62. The Bertz CT molecular complexity index is 215. The summed E-state index contributed by atoms with van der Waals surface area (Å²) < 4.78 is 5.13. The van der Waals surface area contributed by atoms with Gasteiger partial charge in [0.25, 0.3) is 0 Å². The zero-order valence-electron chi connectivity index (χ0n) is 12.1. The standard InChI is InChI=1S/C13H29N3O2/c1-13(2,3)18-12(17)16-11-7-6-10-15-9-5-4-8-14/h15H,4-11,14H2,1-3H3,(H,16,17). The highest BCUT2D eigenvalue weighted by Crippen LogP contribution is 2.06. The second kappa shape index (κ2) is 10.1. The molecule has 0 aromatic heterocycles. The third kappa shape index (κ3) is 13.3. The van der Waals surface area contributed by atoms with Gasteiger partial charge in [0.15, 0.2) is 0 Å². The maximum absolute atomic E-state index is 11.3. The number of rotatable bonds is 9. The van der Waals surface area contributed by atoms with E-state index in [0.717, 1.165) is 45.3 Å². The van der Waals surface area contributed by atoms with E-state index in [4.69, 9.17) is 10.5 Å². The molecule has 4 N–H and O–H groups in total. The minimum Gasteiger partial charge on any atom is -0.444 e. The van der Waals surface area contributed by atoms with E-state index in [1.807, 2.05) is 20.8 Å². The third-order valence-electron chi connectivity index (χ3n) is 2.26. The van der Waals surface area contributed by atoms with Gasteiger partial charge >= 0.3 is 6.09 Å². The van der Waals surface area contributed by atoms with Crippen LogP contribution in [0.1, 0.15) is 46.5 Å². The average molecular weight is 259 g/mol. The molecule has 0 atom stereocenters. The summed E-state index contributed by atoms with van der Waals surface area (Å²) in [5, 5.41) is 6.09. The Balaban J connectivity index is 3.23. The molecule has 0 aliphatic heterocycles. The zero-order valence-corrected chi connectivity index (χ0v) is 12.1. The molecule has 5 heteroatoms. The fraction of sp³-hybridized carbons (Fsp3) is 0.923. The van der Waals surface area contributed by atoms with Crippen molar-refractivity contribution in [3.8, 4) is 0 Å². The summed E-state index contributed by atoms with van der Waals surface area (Å²) in [5.74, 6) is 0. The first-order valence-corrected chi connectivity index (χ1v) is 6.83. The highest BCUT2D eigenvalue weighted by Gasteiger charge is 2.15. The molecule has 0 aromatic rings. The fourth-order valence-corrected chi connectivity index (χ4v) is 1.40. The molecule has 0 unspecified atom stereocenters. The largest absolute Gasteiger partial charge is 0.444 e. The minimum absolute atomic E-state index is 0.335. The SMILES string of the molecule is CC(C)(C)OC(=O)NCCCCNCCCCN. The van der Waals surface area contributed by atoms with Crippen LogP contribution in [0.25, 0.3) is 0 Å². The van der Waals surface area contributed by atoms with Crippen LogP contribution in [-0.4, -0.2) is 37.9 Å². The molecule has 0 saturated heterocycles. The molecule has 1 amide bonds. The molecule has 5 nitrogen and oxygen atoms in total. The van der Waals surface area contributed by atoms with Crippen LogP contribution in [0.3, 0.4) is 0 Å². The van der Waals surface area contributed by atoms with Gasteiger partial charge in [-0.1, -0.05) is 0 Å². The first-order valence-electron chi connectivity index (χ1n) is 6.83. The van der Waals surface area contributed by atoms with Crippen molar-refractivity contribution < 1.29 is 9.53 Å². The van der Waals surface area contributed by atoms with Gasteiger partial charge in [-0.25, -0.2) is 4.79 Å². The molecular formula is C13H29N3O2. The molecule has 0 bridgehead atoms. The fourth-order valence-electron chi connectivity index (χ4n) is 1.40. The van der Waals surface area contributed by atoms with E-state index in [1.54, 1.807) is 0 Å². The Morgan fingerprint density at radius 2 is 1.61 bits per heavy atom. The monoisotopic (exact) mass is 259 g/mol. The number of hydrogen-bond acceptors (Lipinski definition) is 4. The zero-order chi connectivity index (χ0) is 13.9. The van der Waals surface area contributed by atoms with Crippen LogP contribution in [0.5, 0.6) is 0 Å². The lowest BCUT2D eigenvalue weighted by Gasteiger charge is -2.19. The van der Waals surface area contributed by atoms with Crippen LogP contribution < -0.4 is 16.4 Å². The highest BCUT2D eigenvalue weighted by atomic mass is 16.6. The first kappa shape index (κ1) is 17.2. The molecule has 0 saturated carbocycles. The summed E-state index contributed by atoms with van der Waals surface area (Å²) in [7, 11) is 0. The number of alkyl carbamates (subject to hydrolysis) is 1. The van der Waals surface area contributed by atoms with Gasteiger partial charge in [0.05, 0.1) is 0 Å². The van der Waals surface area contributed by atoms with E-state index in [-0.39, 0.29) is 6.09 Å². The summed E-state index contributed by atoms with van der Waals surface area (Å²) in [6.07, 6.45) is 3.89. The Kier molecular flexibility index (Phi) is 9.69. The lowest BCUT2D eigenvalue weighted by molar-refractivity contribution is 0.0527. The van der Waals surface area contributed by atoms with Gasteiger partial charge in [-0.05, 0) is 66.1 Å². The van der Waals surface area contributed by atoms with E-state index >= 15 is 0 Å². The van der Waals surface area contributed by atoms with Gasteiger partial charge in [-0.15, -0.1) is 0 Å². The second-order valence-corrected chi connectivity index (χ2v) is 5.38. The topological polar surface area (TPSA) is 76.4 Å². The van der Waals surface area contributed by atoms with Crippen LogP contribution in [0.2, 0.25) is 0 Å². The van der Waals surface area contributed by atoms with Crippen molar-refractivity contribution in [1.29, 1.82) is 0 Å². The molecule has 108 valence electrons. The van der Waals surface area contributed by atoms with E-state index in [0.29, 0.717) is 6.54 Å². The average Bonchev–Trinajstić information content (AvgIpc) is 2.24. The molecule has 0 aliphatic carbocycles. The molecule has 0 spiro atoms. The Morgan fingerprint density at radius 3 is 2.17 bits per heavy atom. The lowest BCUT2D eigenvalue weighted by atomic mass is 10.2. The number of ether oxygens (including phenoxy) is 1. The molecule has 18 heavy (non-hydrogen) atoms. The van der Waals surface area contributed by atoms with E-state index < -0.39 is 5.60 Å². The van der Waals surface area contributed by atoms with Gasteiger partial charge in [0.1, 0.15) is 5.60 Å². The summed E-state index contributed by atoms with van der Waals surface area (Å²) in [6, 6.07) is 0. The first-order chi connectivity index (χ1) is 8.45. The molecule has 0 rings (SSSR count). The maximum Gasteiger partial charge on any atom is 0.407 e. The molecule has 0 radical (unpaired) electrons. The number of hydrogen-bond donors (Lipinski definition) is 3. The number of nitrogens with two attached hydrogens (primary N) is 1. The molecule has 0 fully saturated rings. The van der Waals surface area contributed by atoms with Crippen LogP contribution in [-0.2, 0) is 4.74 Å². The van der Waals surface area contributed by atoms with Crippen molar-refractivity contribution in [1.82, 2.24) is 10.6 Å². The van der Waals surface area contributed by atoms with Crippen LogP contribution in [0.15, 0.2) is 0 Å². The molecule has 0 heterocycles. The quantitative estimate of drug-likeness (QED) is 0.550. The molecule has 0 aliphatic rings. The number of carbonyl (C=O) groups is 1. The number of carbonyl (C=O) groups excluding carboxylic acids is 1. The van der Waals surface area contributed by atoms with Gasteiger partial charge in [-0.2, -0.15) is 0 Å². The van der Waals surface area contributed by atoms with Crippen molar-refractivity contribution in [3.05, 3.63) is 0 Å². The number of nitrogens with one attached hydrogen (secondary N) is 2. The molecular weight excluding hydrogens is 230 g/mol. The molecule has 0 aromatic carbocycles. The maximum atomic E-state index is 11.3. The van der Waals surface area contributed by atoms with Crippen molar-refractivity contribution in [2.75, 3.05) is 26.2 Å². The van der Waals surface area contributed by atoms with Crippen LogP contribution in [0, 0.1) is 0 Å². The summed E-state index contributed by atoms with van der Waals surface area (Å²) in [4.78, 5) is 11.3.